The molecule has 0 radical (unpaired) electrons. The molecule has 2 aliphatic heterocycles. The van der Waals surface area contributed by atoms with Gasteiger partial charge in [-0.15, -0.1) is 0 Å². The summed E-state index contributed by atoms with van der Waals surface area (Å²) in [6.07, 6.45) is 3.10. The van der Waals surface area contributed by atoms with Gasteiger partial charge in [0.15, 0.2) is 11.5 Å². The Balaban J connectivity index is 1.66. The fourth-order valence-electron chi connectivity index (χ4n) is 4.23. The second kappa shape index (κ2) is 7.77. The van der Waals surface area contributed by atoms with Crippen LogP contribution in [0.4, 0.5) is 0 Å². The Morgan fingerprint density at radius 2 is 1.97 bits per heavy atom. The number of amides is 1. The lowest BCUT2D eigenvalue weighted by Gasteiger charge is -2.40. The molecule has 1 aliphatic carbocycles. The summed E-state index contributed by atoms with van der Waals surface area (Å²) in [5, 5.41) is 0. The summed E-state index contributed by atoms with van der Waals surface area (Å²) >= 11 is 0. The summed E-state index contributed by atoms with van der Waals surface area (Å²) in [6.45, 7) is 2.04. The lowest BCUT2D eigenvalue weighted by Crippen LogP contribution is -2.57. The third-order valence-electron chi connectivity index (χ3n) is 6.13. The number of nitrogens with zero attached hydrogens (tertiary/aromatic N) is 2. The van der Waals surface area contributed by atoms with E-state index in [-0.39, 0.29) is 30.3 Å². The Morgan fingerprint density at radius 3 is 2.59 bits per heavy atom. The van der Waals surface area contributed by atoms with Crippen molar-refractivity contribution in [2.45, 2.75) is 36.1 Å². The van der Waals surface area contributed by atoms with Crippen LogP contribution in [0, 0.1) is 5.92 Å². The van der Waals surface area contributed by atoms with Gasteiger partial charge in [-0.3, -0.25) is 4.79 Å². The highest BCUT2D eigenvalue weighted by molar-refractivity contribution is 7.89. The Hall–Kier alpha value is -1.84. The molecule has 1 aromatic carbocycles. The maximum absolute atomic E-state index is 13.5. The number of rotatable bonds is 6. The van der Waals surface area contributed by atoms with E-state index >= 15 is 0 Å². The first kappa shape index (κ1) is 20.4. The van der Waals surface area contributed by atoms with Crippen LogP contribution in [0.1, 0.15) is 25.7 Å². The van der Waals surface area contributed by atoms with E-state index in [9.17, 15) is 13.2 Å². The first-order chi connectivity index (χ1) is 13.9. The zero-order valence-corrected chi connectivity index (χ0v) is 17.7. The highest BCUT2D eigenvalue weighted by Gasteiger charge is 2.49. The van der Waals surface area contributed by atoms with Crippen molar-refractivity contribution in [2.24, 2.45) is 5.92 Å². The van der Waals surface area contributed by atoms with Gasteiger partial charge in [0, 0.05) is 38.7 Å². The monoisotopic (exact) mass is 424 g/mol. The molecule has 0 bridgehead atoms. The van der Waals surface area contributed by atoms with Crippen LogP contribution in [0.25, 0.3) is 0 Å². The van der Waals surface area contributed by atoms with Crippen LogP contribution < -0.4 is 9.47 Å². The third-order valence-corrected chi connectivity index (χ3v) is 7.97. The molecule has 1 saturated carbocycles. The first-order valence-electron chi connectivity index (χ1n) is 10.00. The average Bonchev–Trinajstić information content (AvgIpc) is 3.45. The summed E-state index contributed by atoms with van der Waals surface area (Å²) in [7, 11) is -0.826. The SMILES string of the molecule is COc1ccc(S(=O)(=O)N2CCC(=O)N(CC3CC3)C3(CCOC3)C2)cc1OC. The smallest absolute Gasteiger partial charge is 0.243 e. The summed E-state index contributed by atoms with van der Waals surface area (Å²) in [4.78, 5) is 15.0. The van der Waals surface area contributed by atoms with Crippen LogP contribution in [-0.2, 0) is 19.6 Å². The molecular formula is C20H28N2O6S. The van der Waals surface area contributed by atoms with Gasteiger partial charge in [0.25, 0.3) is 0 Å². The molecule has 29 heavy (non-hydrogen) atoms. The van der Waals surface area contributed by atoms with Crippen molar-refractivity contribution in [3.05, 3.63) is 18.2 Å². The Labute approximate surface area is 171 Å². The van der Waals surface area contributed by atoms with E-state index in [1.54, 1.807) is 6.07 Å². The number of carbonyl (C=O) groups excluding carboxylic acids is 1. The van der Waals surface area contributed by atoms with E-state index in [4.69, 9.17) is 14.2 Å². The van der Waals surface area contributed by atoms with Gasteiger partial charge in [-0.1, -0.05) is 0 Å². The lowest BCUT2D eigenvalue weighted by atomic mass is 9.95. The number of hydrogen-bond acceptors (Lipinski definition) is 6. The Kier molecular flexibility index (Phi) is 5.48. The predicted octanol–water partition coefficient (Wildman–Crippen LogP) is 1.50. The van der Waals surface area contributed by atoms with Gasteiger partial charge in [-0.25, -0.2) is 8.42 Å². The van der Waals surface area contributed by atoms with E-state index in [0.29, 0.717) is 43.6 Å². The van der Waals surface area contributed by atoms with Crippen molar-refractivity contribution >= 4 is 15.9 Å². The molecule has 0 N–H and O–H groups in total. The van der Waals surface area contributed by atoms with Gasteiger partial charge in [-0.2, -0.15) is 4.31 Å². The topological polar surface area (TPSA) is 85.4 Å². The van der Waals surface area contributed by atoms with Gasteiger partial charge in [-0.05, 0) is 37.3 Å². The van der Waals surface area contributed by atoms with Crippen molar-refractivity contribution < 1.29 is 27.4 Å². The first-order valence-corrected chi connectivity index (χ1v) is 11.4. The highest BCUT2D eigenvalue weighted by Crippen LogP contribution is 2.38. The molecule has 1 aromatic rings. The second-order valence-electron chi connectivity index (χ2n) is 8.08. The number of hydrogen-bond donors (Lipinski definition) is 0. The summed E-state index contributed by atoms with van der Waals surface area (Å²) < 4.78 is 44.5. The van der Waals surface area contributed by atoms with Crippen LogP contribution in [0.5, 0.6) is 11.5 Å². The largest absolute Gasteiger partial charge is 0.493 e. The Bertz CT molecular complexity index is 877. The molecule has 0 aromatic heterocycles. The maximum Gasteiger partial charge on any atom is 0.243 e. The highest BCUT2D eigenvalue weighted by atomic mass is 32.2. The Morgan fingerprint density at radius 1 is 1.21 bits per heavy atom. The van der Waals surface area contributed by atoms with E-state index < -0.39 is 15.6 Å². The maximum atomic E-state index is 13.5. The second-order valence-corrected chi connectivity index (χ2v) is 10.0. The summed E-state index contributed by atoms with van der Waals surface area (Å²) in [5.74, 6) is 1.38. The number of ether oxygens (including phenoxy) is 3. The quantitative estimate of drug-likeness (QED) is 0.688. The molecule has 1 unspecified atom stereocenters. The summed E-state index contributed by atoms with van der Waals surface area (Å²) in [6, 6.07) is 4.58. The molecule has 1 spiro atoms. The molecule has 1 amide bonds. The molecule has 160 valence electrons. The number of sulfonamides is 1. The van der Waals surface area contributed by atoms with Crippen LogP contribution in [0.2, 0.25) is 0 Å². The minimum atomic E-state index is -3.80. The van der Waals surface area contributed by atoms with Crippen molar-refractivity contribution in [1.82, 2.24) is 9.21 Å². The van der Waals surface area contributed by atoms with Gasteiger partial charge < -0.3 is 19.1 Å². The zero-order valence-electron chi connectivity index (χ0n) is 16.9. The standard InChI is InChI=1S/C20H28N2O6S/c1-26-17-6-5-16(11-18(17)27-2)29(24,25)21-9-7-19(23)22(12-15-3-4-15)20(13-21)8-10-28-14-20/h5-6,11,15H,3-4,7-10,12-14H2,1-2H3. The normalized spacial score (nSPS) is 26.0. The fourth-order valence-corrected chi connectivity index (χ4v) is 5.77. The van der Waals surface area contributed by atoms with Gasteiger partial charge in [0.05, 0.1) is 31.3 Å². The predicted molar refractivity (Wildman–Crippen MR) is 106 cm³/mol. The van der Waals surface area contributed by atoms with Crippen molar-refractivity contribution in [1.29, 1.82) is 0 Å². The van der Waals surface area contributed by atoms with Crippen LogP contribution in [-0.4, -0.2) is 76.1 Å². The molecule has 9 heteroatoms. The van der Waals surface area contributed by atoms with Crippen molar-refractivity contribution in [3.8, 4) is 11.5 Å². The van der Waals surface area contributed by atoms with E-state index in [2.05, 4.69) is 0 Å². The number of carbonyl (C=O) groups is 1. The molecular weight excluding hydrogens is 396 g/mol. The van der Waals surface area contributed by atoms with Gasteiger partial charge in [0.1, 0.15) is 0 Å². The average molecular weight is 425 g/mol. The zero-order chi connectivity index (χ0) is 20.6. The van der Waals surface area contributed by atoms with Crippen LogP contribution in [0.15, 0.2) is 23.1 Å². The van der Waals surface area contributed by atoms with Crippen molar-refractivity contribution in [2.75, 3.05) is 47.1 Å². The van der Waals surface area contributed by atoms with Crippen LogP contribution >= 0.6 is 0 Å². The molecule has 3 aliphatic rings. The molecule has 2 heterocycles. The van der Waals surface area contributed by atoms with Crippen molar-refractivity contribution in [3.63, 3.8) is 0 Å². The van der Waals surface area contributed by atoms with Crippen LogP contribution in [0.3, 0.4) is 0 Å². The number of benzene rings is 1. The molecule has 3 fully saturated rings. The van der Waals surface area contributed by atoms with Gasteiger partial charge >= 0.3 is 0 Å². The van der Waals surface area contributed by atoms with E-state index in [1.807, 2.05) is 4.90 Å². The lowest BCUT2D eigenvalue weighted by molar-refractivity contribution is -0.136. The fraction of sp³-hybridized carbons (Fsp3) is 0.650. The van der Waals surface area contributed by atoms with Gasteiger partial charge in [0.2, 0.25) is 15.9 Å². The van der Waals surface area contributed by atoms with E-state index in [0.717, 1.165) is 12.8 Å². The molecule has 4 rings (SSSR count). The number of methoxy groups -OCH3 is 2. The minimum absolute atomic E-state index is 0.0208. The van der Waals surface area contributed by atoms with E-state index in [1.165, 1.54) is 30.7 Å². The molecule has 2 saturated heterocycles. The third kappa shape index (κ3) is 3.83. The summed E-state index contributed by atoms with van der Waals surface area (Å²) in [5.41, 5.74) is -0.584. The molecule has 1 atom stereocenters. The molecule has 8 nitrogen and oxygen atoms in total. The minimum Gasteiger partial charge on any atom is -0.493 e.